The van der Waals surface area contributed by atoms with E-state index in [1.165, 1.54) is 19.5 Å². The van der Waals surface area contributed by atoms with E-state index in [1.807, 2.05) is 0 Å². The Morgan fingerprint density at radius 3 is 1.64 bits per heavy atom. The molecule has 28 heavy (non-hydrogen) atoms. The summed E-state index contributed by atoms with van der Waals surface area (Å²) >= 11 is 0. The number of carbonyl (C=O) groups excluding carboxylic acids is 1. The summed E-state index contributed by atoms with van der Waals surface area (Å²) in [6.07, 6.45) is 3.28. The van der Waals surface area contributed by atoms with Gasteiger partial charge in [-0.15, -0.1) is 0 Å². The molecule has 2 N–H and O–H groups in total. The van der Waals surface area contributed by atoms with Crippen LogP contribution in [0.4, 0.5) is 0 Å². The third-order valence-corrected chi connectivity index (χ3v) is 7.55. The van der Waals surface area contributed by atoms with Crippen molar-refractivity contribution in [2.75, 3.05) is 27.2 Å². The van der Waals surface area contributed by atoms with Gasteiger partial charge in [0.2, 0.25) is 5.91 Å². The van der Waals surface area contributed by atoms with Crippen molar-refractivity contribution in [3.05, 3.63) is 0 Å². The Balaban J connectivity index is 3.12. The summed E-state index contributed by atoms with van der Waals surface area (Å²) in [5.41, 5.74) is 6.30. The first kappa shape index (κ1) is 25.5. The van der Waals surface area contributed by atoms with Gasteiger partial charge in [0.25, 0.3) is 0 Å². The van der Waals surface area contributed by atoms with E-state index in [4.69, 9.17) is 5.73 Å². The van der Waals surface area contributed by atoms with E-state index in [2.05, 4.69) is 83.3 Å². The topological polar surface area (TPSA) is 43.1 Å². The average molecular weight is 396 g/mol. The van der Waals surface area contributed by atoms with Crippen LogP contribution in [0.5, 0.6) is 0 Å². The van der Waals surface area contributed by atoms with E-state index in [9.17, 15) is 4.79 Å². The Morgan fingerprint density at radius 1 is 0.857 bits per heavy atom. The van der Waals surface area contributed by atoms with Gasteiger partial charge < -0.3 is 10.2 Å². The van der Waals surface area contributed by atoms with Crippen molar-refractivity contribution in [1.82, 2.24) is 0 Å². The number of quaternary nitrogens is 1. The first-order valence-corrected chi connectivity index (χ1v) is 11.3. The van der Waals surface area contributed by atoms with E-state index < -0.39 is 0 Å². The number of nitrogens with two attached hydrogens (primary N) is 1. The molecule has 1 aliphatic heterocycles. The summed E-state index contributed by atoms with van der Waals surface area (Å²) in [6.45, 7) is 25.5. The van der Waals surface area contributed by atoms with Gasteiger partial charge >= 0.3 is 0 Å². The molecular weight excluding hydrogens is 344 g/mol. The highest BCUT2D eigenvalue weighted by molar-refractivity contribution is 5.77. The van der Waals surface area contributed by atoms with Gasteiger partial charge in [0.1, 0.15) is 0 Å². The van der Waals surface area contributed by atoms with Crippen LogP contribution in [0.3, 0.4) is 0 Å². The van der Waals surface area contributed by atoms with Crippen LogP contribution in [0.2, 0.25) is 0 Å². The number of hydrogen-bond acceptors (Lipinski definition) is 1. The normalized spacial score (nSPS) is 25.0. The number of nitrogens with zero attached hydrogens (tertiary/aromatic N) is 1. The van der Waals surface area contributed by atoms with Crippen molar-refractivity contribution in [2.45, 2.75) is 88.5 Å². The molecule has 0 spiro atoms. The highest BCUT2D eigenvalue weighted by Crippen LogP contribution is 2.53. The maximum atomic E-state index is 12.5. The Hall–Kier alpha value is -0.570. The molecule has 0 aromatic carbocycles. The van der Waals surface area contributed by atoms with Crippen LogP contribution in [0, 0.1) is 39.4 Å². The second-order valence-electron chi connectivity index (χ2n) is 14.1. The second-order valence-corrected chi connectivity index (χ2v) is 14.1. The molecule has 1 saturated heterocycles. The van der Waals surface area contributed by atoms with Crippen molar-refractivity contribution in [3.63, 3.8) is 0 Å². The second kappa shape index (κ2) is 7.93. The summed E-state index contributed by atoms with van der Waals surface area (Å²) < 4.78 is 1.11. The molecule has 1 heterocycles. The Labute approximate surface area is 176 Å². The quantitative estimate of drug-likeness (QED) is 0.550. The fraction of sp³-hybridized carbons (Fsp3) is 0.960. The Kier molecular flexibility index (Phi) is 7.21. The van der Waals surface area contributed by atoms with Gasteiger partial charge in [-0.2, -0.15) is 0 Å². The summed E-state index contributed by atoms with van der Waals surface area (Å²) in [5.74, 6) is 1.21. The Morgan fingerprint density at radius 2 is 1.29 bits per heavy atom. The molecule has 1 amide bonds. The van der Waals surface area contributed by atoms with E-state index in [0.717, 1.165) is 23.2 Å². The van der Waals surface area contributed by atoms with Crippen LogP contribution in [0.1, 0.15) is 88.5 Å². The number of likely N-dealkylation sites (tertiary alicyclic amines) is 1. The standard InChI is InChI=1S/C25H50N2O/c1-22(2,3)13-18-16-27(11,12)17-19(18)14-24(7,8)25(9,10)20(21(26)28)15-23(4,5)6/h18-20H,13-17H2,1-12H3,(H-,26,28)/p+1. The number of primary amides is 1. The van der Waals surface area contributed by atoms with Crippen molar-refractivity contribution >= 4 is 5.91 Å². The first-order valence-electron chi connectivity index (χ1n) is 11.3. The fourth-order valence-electron chi connectivity index (χ4n) is 5.61. The monoisotopic (exact) mass is 395 g/mol. The smallest absolute Gasteiger partial charge is 0.221 e. The van der Waals surface area contributed by atoms with Gasteiger partial charge in [0, 0.05) is 17.8 Å². The SMILES string of the molecule is CC(C)(C)CC1C[N+](C)(C)CC1CC(C)(C)C(C)(C)C(CC(C)(C)C)C(N)=O. The molecule has 3 heteroatoms. The molecule has 1 fully saturated rings. The fourth-order valence-corrected chi connectivity index (χ4v) is 5.61. The molecule has 0 radical (unpaired) electrons. The van der Waals surface area contributed by atoms with E-state index in [0.29, 0.717) is 11.3 Å². The van der Waals surface area contributed by atoms with Crippen LogP contribution in [0.25, 0.3) is 0 Å². The lowest BCUT2D eigenvalue weighted by Gasteiger charge is -2.49. The summed E-state index contributed by atoms with van der Waals surface area (Å²) in [4.78, 5) is 12.5. The number of carbonyl (C=O) groups is 1. The third kappa shape index (κ3) is 6.75. The van der Waals surface area contributed by atoms with Crippen molar-refractivity contribution in [3.8, 4) is 0 Å². The summed E-state index contributed by atoms with van der Waals surface area (Å²) in [7, 11) is 4.75. The minimum Gasteiger partial charge on any atom is -0.369 e. The van der Waals surface area contributed by atoms with Crippen LogP contribution in [-0.2, 0) is 4.79 Å². The molecule has 0 bridgehead atoms. The predicted octanol–water partition coefficient (Wildman–Crippen LogP) is 5.73. The minimum absolute atomic E-state index is 0.0447. The van der Waals surface area contributed by atoms with Gasteiger partial charge in [-0.25, -0.2) is 0 Å². The van der Waals surface area contributed by atoms with Crippen LogP contribution in [0.15, 0.2) is 0 Å². The molecule has 3 unspecified atom stereocenters. The van der Waals surface area contributed by atoms with E-state index in [1.54, 1.807) is 0 Å². The predicted molar refractivity (Wildman–Crippen MR) is 122 cm³/mol. The highest BCUT2D eigenvalue weighted by atomic mass is 16.1. The molecule has 1 aliphatic rings. The minimum atomic E-state index is -0.141. The number of amides is 1. The molecule has 0 aromatic rings. The van der Waals surface area contributed by atoms with Crippen molar-refractivity contribution in [1.29, 1.82) is 0 Å². The number of rotatable bonds is 7. The van der Waals surface area contributed by atoms with Crippen molar-refractivity contribution in [2.24, 2.45) is 45.1 Å². The van der Waals surface area contributed by atoms with Gasteiger partial charge in [-0.3, -0.25) is 4.79 Å². The molecular formula is C25H51N2O+. The van der Waals surface area contributed by atoms with Gasteiger partial charge in [0.05, 0.1) is 27.2 Å². The lowest BCUT2D eigenvalue weighted by molar-refractivity contribution is -0.880. The van der Waals surface area contributed by atoms with Gasteiger partial charge in [-0.05, 0) is 40.9 Å². The molecule has 0 aromatic heterocycles. The lowest BCUT2D eigenvalue weighted by Crippen LogP contribution is -2.47. The molecule has 3 nitrogen and oxygen atoms in total. The van der Waals surface area contributed by atoms with Crippen LogP contribution < -0.4 is 5.73 Å². The Bertz CT molecular complexity index is 546. The highest BCUT2D eigenvalue weighted by Gasteiger charge is 2.50. The average Bonchev–Trinajstić information content (AvgIpc) is 2.65. The van der Waals surface area contributed by atoms with Gasteiger partial charge in [0.15, 0.2) is 0 Å². The van der Waals surface area contributed by atoms with Crippen molar-refractivity contribution < 1.29 is 9.28 Å². The zero-order valence-electron chi connectivity index (χ0n) is 21.2. The zero-order valence-corrected chi connectivity index (χ0v) is 21.2. The van der Waals surface area contributed by atoms with Gasteiger partial charge in [-0.1, -0.05) is 69.2 Å². The lowest BCUT2D eigenvalue weighted by atomic mass is 9.55. The van der Waals surface area contributed by atoms with E-state index >= 15 is 0 Å². The summed E-state index contributed by atoms with van der Waals surface area (Å²) in [6, 6.07) is 0. The first-order chi connectivity index (χ1) is 12.2. The zero-order chi connectivity index (χ0) is 22.3. The largest absolute Gasteiger partial charge is 0.369 e. The number of hydrogen-bond donors (Lipinski definition) is 1. The molecule has 0 saturated carbocycles. The molecule has 0 aliphatic carbocycles. The molecule has 3 atom stereocenters. The molecule has 166 valence electrons. The van der Waals surface area contributed by atoms with Crippen LogP contribution in [-0.4, -0.2) is 37.6 Å². The summed E-state index contributed by atoms with van der Waals surface area (Å²) in [5, 5.41) is 0. The van der Waals surface area contributed by atoms with E-state index in [-0.39, 0.29) is 28.1 Å². The molecule has 1 rings (SSSR count). The maximum absolute atomic E-state index is 12.5. The maximum Gasteiger partial charge on any atom is 0.221 e. The third-order valence-electron chi connectivity index (χ3n) is 7.55. The van der Waals surface area contributed by atoms with Crippen LogP contribution >= 0.6 is 0 Å².